The van der Waals surface area contributed by atoms with Crippen LogP contribution < -0.4 is 10.6 Å². The molecule has 0 unspecified atom stereocenters. The van der Waals surface area contributed by atoms with Crippen LogP contribution in [0, 0.1) is 0 Å². The highest BCUT2D eigenvalue weighted by atomic mass is 16.4. The minimum Gasteiger partial charge on any atom is -0.473 e. The highest BCUT2D eigenvalue weighted by Crippen LogP contribution is 1.97. The van der Waals surface area contributed by atoms with Crippen LogP contribution in [-0.2, 0) is 20.9 Å². The van der Waals surface area contributed by atoms with E-state index in [9.17, 15) is 4.79 Å². The van der Waals surface area contributed by atoms with E-state index < -0.39 is 11.9 Å². The van der Waals surface area contributed by atoms with Gasteiger partial charge in [0.05, 0.1) is 19.4 Å². The summed E-state index contributed by atoms with van der Waals surface area (Å²) in [7, 11) is 4.00. The van der Waals surface area contributed by atoms with Crippen LogP contribution in [0.15, 0.2) is 22.8 Å². The number of carbonyl (C=O) groups excluding carboxylic acids is 1. The number of amides is 1. The van der Waals surface area contributed by atoms with E-state index in [4.69, 9.17) is 24.2 Å². The number of nitrogens with one attached hydrogen (secondary N) is 2. The number of carboxylic acid groups (broad SMARTS) is 2. The van der Waals surface area contributed by atoms with Gasteiger partial charge in [0.1, 0.15) is 5.76 Å². The standard InChI is InChI=1S/C11H19N3O2.C2H2O4/c1-14(2)6-5-12-9-11(15)13-8-10-4-3-7-16-10;3-1(4)2(5)6/h3-4,7,12H,5-6,8-9H2,1-2H3,(H,13,15);(H,3,4)(H,5,6). The molecule has 0 bridgehead atoms. The van der Waals surface area contributed by atoms with Crippen molar-refractivity contribution in [3.63, 3.8) is 0 Å². The Morgan fingerprint density at radius 3 is 2.32 bits per heavy atom. The molecule has 1 aromatic rings. The molecule has 0 atom stereocenters. The molecule has 0 radical (unpaired) electrons. The van der Waals surface area contributed by atoms with Crippen LogP contribution in [0.25, 0.3) is 0 Å². The van der Waals surface area contributed by atoms with Crippen LogP contribution in [0.2, 0.25) is 0 Å². The van der Waals surface area contributed by atoms with Gasteiger partial charge >= 0.3 is 11.9 Å². The van der Waals surface area contributed by atoms with E-state index in [0.717, 1.165) is 18.8 Å². The molecule has 9 heteroatoms. The molecule has 0 saturated carbocycles. The van der Waals surface area contributed by atoms with Crippen LogP contribution >= 0.6 is 0 Å². The zero-order valence-electron chi connectivity index (χ0n) is 12.5. The second-order valence-corrected chi connectivity index (χ2v) is 4.45. The van der Waals surface area contributed by atoms with Gasteiger partial charge in [-0.15, -0.1) is 0 Å². The maximum absolute atomic E-state index is 11.4. The summed E-state index contributed by atoms with van der Waals surface area (Å²) in [6, 6.07) is 3.64. The van der Waals surface area contributed by atoms with E-state index >= 15 is 0 Å². The lowest BCUT2D eigenvalue weighted by molar-refractivity contribution is -0.159. The molecule has 1 rings (SSSR count). The van der Waals surface area contributed by atoms with Crippen LogP contribution in [0.4, 0.5) is 0 Å². The number of carboxylic acids is 2. The SMILES string of the molecule is CN(C)CCNCC(=O)NCc1ccco1.O=C(O)C(=O)O. The average Bonchev–Trinajstić information content (AvgIpc) is 2.95. The van der Waals surface area contributed by atoms with Crippen LogP contribution in [0.5, 0.6) is 0 Å². The quantitative estimate of drug-likeness (QED) is 0.380. The van der Waals surface area contributed by atoms with Gasteiger partial charge in [-0.1, -0.05) is 0 Å². The fraction of sp³-hybridized carbons (Fsp3) is 0.462. The van der Waals surface area contributed by atoms with Gasteiger partial charge < -0.3 is 30.2 Å². The molecule has 0 aliphatic carbocycles. The van der Waals surface area contributed by atoms with Crippen molar-refractivity contribution < 1.29 is 29.0 Å². The Morgan fingerprint density at radius 1 is 1.23 bits per heavy atom. The number of hydrogen-bond acceptors (Lipinski definition) is 6. The zero-order chi connectivity index (χ0) is 17.0. The first-order valence-corrected chi connectivity index (χ1v) is 6.43. The monoisotopic (exact) mass is 315 g/mol. The van der Waals surface area contributed by atoms with Crippen molar-refractivity contribution in [3.8, 4) is 0 Å². The van der Waals surface area contributed by atoms with E-state index in [1.165, 1.54) is 0 Å². The van der Waals surface area contributed by atoms with E-state index in [2.05, 4.69) is 15.5 Å². The maximum Gasteiger partial charge on any atom is 0.414 e. The summed E-state index contributed by atoms with van der Waals surface area (Å²) in [6.07, 6.45) is 1.59. The predicted octanol–water partition coefficient (Wildman–Crippen LogP) is -0.797. The van der Waals surface area contributed by atoms with Gasteiger partial charge in [0, 0.05) is 13.1 Å². The highest BCUT2D eigenvalue weighted by Gasteiger charge is 2.04. The summed E-state index contributed by atoms with van der Waals surface area (Å²) in [6.45, 7) is 2.52. The molecular formula is C13H21N3O6. The maximum atomic E-state index is 11.4. The molecule has 0 fully saturated rings. The Morgan fingerprint density at radius 2 is 1.86 bits per heavy atom. The lowest BCUT2D eigenvalue weighted by Gasteiger charge is -2.10. The number of hydrogen-bond donors (Lipinski definition) is 4. The van der Waals surface area contributed by atoms with Crippen molar-refractivity contribution in [2.45, 2.75) is 6.54 Å². The minimum absolute atomic E-state index is 0.0184. The number of carbonyl (C=O) groups is 3. The lowest BCUT2D eigenvalue weighted by atomic mass is 10.4. The molecule has 4 N–H and O–H groups in total. The molecule has 0 aromatic carbocycles. The van der Waals surface area contributed by atoms with Crippen LogP contribution in [0.3, 0.4) is 0 Å². The summed E-state index contributed by atoms with van der Waals surface area (Å²) in [5.74, 6) is -2.90. The van der Waals surface area contributed by atoms with E-state index in [1.54, 1.807) is 12.3 Å². The van der Waals surface area contributed by atoms with Gasteiger partial charge in [-0.25, -0.2) is 9.59 Å². The van der Waals surface area contributed by atoms with Crippen molar-refractivity contribution in [1.82, 2.24) is 15.5 Å². The Hall–Kier alpha value is -2.39. The second kappa shape index (κ2) is 11.3. The highest BCUT2D eigenvalue weighted by molar-refractivity contribution is 6.27. The fourth-order valence-electron chi connectivity index (χ4n) is 1.17. The largest absolute Gasteiger partial charge is 0.473 e. The first-order chi connectivity index (χ1) is 10.3. The minimum atomic E-state index is -1.82. The third-order valence-corrected chi connectivity index (χ3v) is 2.24. The first-order valence-electron chi connectivity index (χ1n) is 6.43. The summed E-state index contributed by atoms with van der Waals surface area (Å²) in [4.78, 5) is 31.6. The van der Waals surface area contributed by atoms with Gasteiger partial charge in [0.15, 0.2) is 0 Å². The number of aliphatic carboxylic acids is 2. The molecule has 1 aromatic heterocycles. The number of rotatable bonds is 7. The molecule has 0 aliphatic rings. The van der Waals surface area contributed by atoms with Crippen molar-refractivity contribution in [1.29, 1.82) is 0 Å². The molecule has 1 amide bonds. The topological polar surface area (TPSA) is 132 Å². The van der Waals surface area contributed by atoms with Crippen molar-refractivity contribution in [2.75, 3.05) is 33.7 Å². The number of likely N-dealkylation sites (N-methyl/N-ethyl adjacent to an activating group) is 1. The zero-order valence-corrected chi connectivity index (χ0v) is 12.5. The molecule has 22 heavy (non-hydrogen) atoms. The molecule has 0 aliphatic heterocycles. The van der Waals surface area contributed by atoms with E-state index in [0.29, 0.717) is 13.1 Å². The normalized spacial score (nSPS) is 9.77. The summed E-state index contributed by atoms with van der Waals surface area (Å²) in [5, 5.41) is 20.6. The Labute approximate surface area is 127 Å². The molecule has 1 heterocycles. The molecule has 0 saturated heterocycles. The fourth-order valence-corrected chi connectivity index (χ4v) is 1.17. The van der Waals surface area contributed by atoms with E-state index in [1.807, 2.05) is 20.2 Å². The third kappa shape index (κ3) is 11.4. The summed E-state index contributed by atoms with van der Waals surface area (Å²) >= 11 is 0. The lowest BCUT2D eigenvalue weighted by Crippen LogP contribution is -2.36. The van der Waals surface area contributed by atoms with Gasteiger partial charge in [-0.2, -0.15) is 0 Å². The van der Waals surface area contributed by atoms with Gasteiger partial charge in [-0.05, 0) is 26.2 Å². The van der Waals surface area contributed by atoms with Crippen molar-refractivity contribution in [2.24, 2.45) is 0 Å². The summed E-state index contributed by atoms with van der Waals surface area (Å²) < 4.78 is 5.10. The average molecular weight is 315 g/mol. The first kappa shape index (κ1) is 19.6. The smallest absolute Gasteiger partial charge is 0.414 e. The van der Waals surface area contributed by atoms with Crippen molar-refractivity contribution >= 4 is 17.8 Å². The summed E-state index contributed by atoms with van der Waals surface area (Å²) in [5.41, 5.74) is 0. The van der Waals surface area contributed by atoms with Gasteiger partial charge in [0.2, 0.25) is 5.91 Å². The van der Waals surface area contributed by atoms with Crippen molar-refractivity contribution in [3.05, 3.63) is 24.2 Å². The molecule has 9 nitrogen and oxygen atoms in total. The molecule has 0 spiro atoms. The van der Waals surface area contributed by atoms with Crippen LogP contribution in [0.1, 0.15) is 5.76 Å². The third-order valence-electron chi connectivity index (χ3n) is 2.24. The number of nitrogens with zero attached hydrogens (tertiary/aromatic N) is 1. The Balaban J connectivity index is 0.000000626. The predicted molar refractivity (Wildman–Crippen MR) is 77.3 cm³/mol. The Kier molecular flexibility index (Phi) is 10.1. The second-order valence-electron chi connectivity index (χ2n) is 4.45. The number of furan rings is 1. The molecular weight excluding hydrogens is 294 g/mol. The van der Waals surface area contributed by atoms with E-state index in [-0.39, 0.29) is 5.91 Å². The molecule has 124 valence electrons. The van der Waals surface area contributed by atoms with Gasteiger partial charge in [0.25, 0.3) is 0 Å². The van der Waals surface area contributed by atoms with Crippen LogP contribution in [-0.4, -0.2) is 66.7 Å². The van der Waals surface area contributed by atoms with Gasteiger partial charge in [-0.3, -0.25) is 4.79 Å². The Bertz CT molecular complexity index is 446.